The zero-order chi connectivity index (χ0) is 33.0. The van der Waals surface area contributed by atoms with E-state index < -0.39 is 35.0 Å². The van der Waals surface area contributed by atoms with Crippen LogP contribution in [0, 0.1) is 11.6 Å². The molecule has 0 bridgehead atoms. The number of aromatic nitrogens is 3. The van der Waals surface area contributed by atoms with Gasteiger partial charge in [-0.05, 0) is 42.8 Å². The summed E-state index contributed by atoms with van der Waals surface area (Å²) < 4.78 is 56.5. The summed E-state index contributed by atoms with van der Waals surface area (Å²) in [6.45, 7) is 5.02. The van der Waals surface area contributed by atoms with Gasteiger partial charge in [0, 0.05) is 71.0 Å². The number of aliphatic hydroxyl groups excluding tert-OH is 1. The number of halogens is 3. The van der Waals surface area contributed by atoms with Gasteiger partial charge in [-0.3, -0.25) is 19.2 Å². The summed E-state index contributed by atoms with van der Waals surface area (Å²) in [7, 11) is 2.71. The quantitative estimate of drug-likeness (QED) is 0.253. The number of anilines is 2. The van der Waals surface area contributed by atoms with Crippen molar-refractivity contribution in [1.29, 1.82) is 0 Å². The second-order valence-electron chi connectivity index (χ2n) is 10.7. The third kappa shape index (κ3) is 6.87. The number of nitrogens with one attached hydrogen (secondary N) is 1. The van der Waals surface area contributed by atoms with Crippen LogP contribution in [0.2, 0.25) is 0 Å². The van der Waals surface area contributed by atoms with Crippen molar-refractivity contribution in [1.82, 2.24) is 19.2 Å². The minimum Gasteiger partial charge on any atom is -0.497 e. The average Bonchev–Trinajstić information content (AvgIpc) is 3.28. The molecule has 0 aliphatic carbocycles. The molecule has 3 heterocycles. The van der Waals surface area contributed by atoms with Crippen LogP contribution in [0.4, 0.5) is 24.7 Å². The standard InChI is InChI=1S/C32H35F3N6O5/c1-20(33)46-22-10-8-21(9-11-22)31(43)37-29-30(28-24(34)18-23(45-3)19-25(28)35)38(2)41(32(29)44)27-7-4-6-26(36-27)40-15-13-39(14-16-40)12-5-17-42/h4,6-11,18-20,42H,5,12-17H2,1-3H3,(H,37,43). The molecule has 1 atom stereocenters. The zero-order valence-corrected chi connectivity index (χ0v) is 25.7. The van der Waals surface area contributed by atoms with Crippen LogP contribution in [0.25, 0.3) is 17.1 Å². The highest BCUT2D eigenvalue weighted by Crippen LogP contribution is 2.34. The Bertz CT molecular complexity index is 1730. The Morgan fingerprint density at radius 2 is 1.67 bits per heavy atom. The third-order valence-corrected chi connectivity index (χ3v) is 7.67. The Morgan fingerprint density at radius 3 is 2.28 bits per heavy atom. The smallest absolute Gasteiger partial charge is 0.297 e. The third-order valence-electron chi connectivity index (χ3n) is 7.67. The Morgan fingerprint density at radius 1 is 1.02 bits per heavy atom. The van der Waals surface area contributed by atoms with Gasteiger partial charge in [0.25, 0.3) is 11.5 Å². The second-order valence-corrected chi connectivity index (χ2v) is 10.7. The number of hydrogen-bond donors (Lipinski definition) is 2. The summed E-state index contributed by atoms with van der Waals surface area (Å²) in [5.74, 6) is -1.87. The van der Waals surface area contributed by atoms with E-state index in [1.807, 2.05) is 6.07 Å². The molecule has 5 rings (SSSR count). The molecule has 11 nitrogen and oxygen atoms in total. The predicted molar refractivity (Wildman–Crippen MR) is 167 cm³/mol. The SMILES string of the molecule is COc1cc(F)c(-c2c(NC(=O)c3ccc(OC(C)F)cc3)c(=O)n(-c3cccc(N4CCN(CCCO)CC4)n3)n2C)c(F)c1. The molecule has 2 aromatic heterocycles. The monoisotopic (exact) mass is 640 g/mol. The number of rotatable bonds is 11. The highest BCUT2D eigenvalue weighted by Gasteiger charge is 2.28. The molecule has 0 saturated carbocycles. The van der Waals surface area contributed by atoms with Crippen LogP contribution in [0.1, 0.15) is 23.7 Å². The van der Waals surface area contributed by atoms with Crippen molar-refractivity contribution in [2.75, 3.05) is 56.7 Å². The van der Waals surface area contributed by atoms with Gasteiger partial charge in [-0.15, -0.1) is 0 Å². The van der Waals surface area contributed by atoms with Crippen LogP contribution < -0.4 is 25.2 Å². The van der Waals surface area contributed by atoms with Gasteiger partial charge >= 0.3 is 0 Å². The maximum absolute atomic E-state index is 15.5. The van der Waals surface area contributed by atoms with Crippen molar-refractivity contribution in [3.8, 4) is 28.6 Å². The Hall–Kier alpha value is -4.82. The fourth-order valence-electron chi connectivity index (χ4n) is 5.42. The van der Waals surface area contributed by atoms with Gasteiger partial charge in [0.1, 0.15) is 40.3 Å². The van der Waals surface area contributed by atoms with E-state index in [-0.39, 0.29) is 40.9 Å². The highest BCUT2D eigenvalue weighted by molar-refractivity contribution is 6.06. The number of nitrogens with zero attached hydrogens (tertiary/aromatic N) is 5. The maximum Gasteiger partial charge on any atom is 0.297 e. The van der Waals surface area contributed by atoms with Crippen LogP contribution in [-0.4, -0.2) is 83.1 Å². The summed E-state index contributed by atoms with van der Waals surface area (Å²) in [6.07, 6.45) is -0.869. The lowest BCUT2D eigenvalue weighted by molar-refractivity contribution is 0.0860. The van der Waals surface area contributed by atoms with Crippen LogP contribution in [-0.2, 0) is 7.05 Å². The Kier molecular flexibility index (Phi) is 9.97. The second kappa shape index (κ2) is 14.1. The number of carbonyl (C=O) groups excluding carboxylic acids is 1. The summed E-state index contributed by atoms with van der Waals surface area (Å²) >= 11 is 0. The predicted octanol–water partition coefficient (Wildman–Crippen LogP) is 3.98. The molecular formula is C32H35F3N6O5. The van der Waals surface area contributed by atoms with Gasteiger partial charge in [0.2, 0.25) is 6.36 Å². The minimum atomic E-state index is -1.56. The number of methoxy groups -OCH3 is 1. The van der Waals surface area contributed by atoms with E-state index in [9.17, 15) is 14.0 Å². The fourth-order valence-corrected chi connectivity index (χ4v) is 5.42. The molecule has 0 spiro atoms. The molecular weight excluding hydrogens is 605 g/mol. The summed E-state index contributed by atoms with van der Waals surface area (Å²) in [5.41, 5.74) is -1.84. The molecule has 4 aromatic rings. The molecule has 2 aromatic carbocycles. The summed E-state index contributed by atoms with van der Waals surface area (Å²) in [4.78, 5) is 36.4. The summed E-state index contributed by atoms with van der Waals surface area (Å²) in [5, 5.41) is 11.7. The first-order valence-corrected chi connectivity index (χ1v) is 14.7. The molecule has 46 heavy (non-hydrogen) atoms. The van der Waals surface area contributed by atoms with Gasteiger partial charge in [-0.1, -0.05) is 6.07 Å². The number of amides is 1. The van der Waals surface area contributed by atoms with Crippen LogP contribution >= 0.6 is 0 Å². The largest absolute Gasteiger partial charge is 0.497 e. The van der Waals surface area contributed by atoms with Crippen LogP contribution in [0.15, 0.2) is 59.4 Å². The number of hydrogen-bond acceptors (Lipinski definition) is 8. The van der Waals surface area contributed by atoms with E-state index in [0.717, 1.165) is 36.4 Å². The topological polar surface area (TPSA) is 114 Å². The zero-order valence-electron chi connectivity index (χ0n) is 25.7. The van der Waals surface area contributed by atoms with Gasteiger partial charge in [0.05, 0.1) is 12.7 Å². The van der Waals surface area contributed by atoms with E-state index in [4.69, 9.17) is 19.6 Å². The number of pyridine rings is 1. The number of aliphatic hydroxyl groups is 1. The van der Waals surface area contributed by atoms with Crippen molar-refractivity contribution in [3.63, 3.8) is 0 Å². The van der Waals surface area contributed by atoms with E-state index >= 15 is 8.78 Å². The Labute approximate surface area is 263 Å². The first kappa shape index (κ1) is 32.6. The van der Waals surface area contributed by atoms with Crippen molar-refractivity contribution in [2.24, 2.45) is 7.05 Å². The van der Waals surface area contributed by atoms with Gasteiger partial charge in [0.15, 0.2) is 5.82 Å². The fraction of sp³-hybridized carbons (Fsp3) is 0.344. The molecule has 0 radical (unpaired) electrons. The van der Waals surface area contributed by atoms with Gasteiger partial charge < -0.3 is 24.8 Å². The van der Waals surface area contributed by atoms with E-state index in [2.05, 4.69) is 15.1 Å². The molecule has 14 heteroatoms. The molecule has 244 valence electrons. The normalized spacial score (nSPS) is 14.3. The van der Waals surface area contributed by atoms with Crippen LogP contribution in [0.5, 0.6) is 11.5 Å². The average molecular weight is 641 g/mol. The molecule has 1 aliphatic heterocycles. The first-order chi connectivity index (χ1) is 22.1. The minimum absolute atomic E-state index is 0.0653. The summed E-state index contributed by atoms with van der Waals surface area (Å²) in [6, 6.07) is 12.6. The lowest BCUT2D eigenvalue weighted by Gasteiger charge is -2.35. The number of carbonyl (C=O) groups is 1. The maximum atomic E-state index is 15.5. The Balaban J connectivity index is 1.55. The first-order valence-electron chi connectivity index (χ1n) is 14.7. The van der Waals surface area contributed by atoms with E-state index in [1.54, 1.807) is 12.1 Å². The lowest BCUT2D eigenvalue weighted by Crippen LogP contribution is -2.47. The molecule has 2 N–H and O–H groups in total. The van der Waals surface area contributed by atoms with E-state index in [1.165, 1.54) is 50.0 Å². The number of ether oxygens (including phenoxy) is 2. The number of alkyl halides is 1. The molecule has 1 amide bonds. The number of piperazine rings is 1. The van der Waals surface area contributed by atoms with Gasteiger partial charge in [-0.2, -0.15) is 4.68 Å². The molecule has 1 saturated heterocycles. The lowest BCUT2D eigenvalue weighted by atomic mass is 10.1. The molecule has 1 unspecified atom stereocenters. The molecule has 1 fully saturated rings. The van der Waals surface area contributed by atoms with Crippen molar-refractivity contribution in [3.05, 3.63) is 82.1 Å². The van der Waals surface area contributed by atoms with Crippen molar-refractivity contribution < 1.29 is 32.5 Å². The van der Waals surface area contributed by atoms with E-state index in [0.29, 0.717) is 25.3 Å². The van der Waals surface area contributed by atoms with Crippen molar-refractivity contribution in [2.45, 2.75) is 19.7 Å². The van der Waals surface area contributed by atoms with Crippen LogP contribution in [0.3, 0.4) is 0 Å². The van der Waals surface area contributed by atoms with Crippen molar-refractivity contribution >= 4 is 17.4 Å². The molecule has 1 aliphatic rings. The number of benzene rings is 2. The highest BCUT2D eigenvalue weighted by atomic mass is 19.1. The van der Waals surface area contributed by atoms with Gasteiger partial charge in [-0.25, -0.2) is 18.2 Å².